The average molecular weight is 402 g/mol. The van der Waals surface area contributed by atoms with E-state index < -0.39 is 0 Å². The van der Waals surface area contributed by atoms with Crippen molar-refractivity contribution in [1.82, 2.24) is 10.6 Å². The summed E-state index contributed by atoms with van der Waals surface area (Å²) in [4.78, 5) is 26.8. The largest absolute Gasteiger partial charge is 0.486 e. The standard InChI is InChI=1S/C22H31N3O4/c1-14-8-15(12-22(2,3)11-14)23-21(27)24-16-9-20(26)25(13-16)17-4-5-18-19(10-17)29-7-6-28-18/h4-5,10,14-16H,6-9,11-13H2,1-3H3,(H2,23,24,27). The molecule has 4 rings (SSSR count). The van der Waals surface area contributed by atoms with Crippen molar-refractivity contribution in [2.24, 2.45) is 11.3 Å². The minimum absolute atomic E-state index is 0.000556. The summed E-state index contributed by atoms with van der Waals surface area (Å²) in [5, 5.41) is 6.12. The summed E-state index contributed by atoms with van der Waals surface area (Å²) in [6.45, 7) is 8.26. The molecule has 0 spiro atoms. The fourth-order valence-electron chi connectivity index (χ4n) is 5.12. The number of carbonyl (C=O) groups excluding carboxylic acids is 2. The number of anilines is 1. The number of hydrogen-bond donors (Lipinski definition) is 2. The fourth-order valence-corrected chi connectivity index (χ4v) is 5.12. The predicted molar refractivity (Wildman–Crippen MR) is 110 cm³/mol. The highest BCUT2D eigenvalue weighted by molar-refractivity contribution is 5.97. The van der Waals surface area contributed by atoms with E-state index >= 15 is 0 Å². The van der Waals surface area contributed by atoms with Crippen molar-refractivity contribution in [2.45, 2.75) is 58.5 Å². The second-order valence-corrected chi connectivity index (χ2v) is 9.46. The van der Waals surface area contributed by atoms with Crippen molar-refractivity contribution in [3.8, 4) is 11.5 Å². The third-order valence-electron chi connectivity index (χ3n) is 6.02. The van der Waals surface area contributed by atoms with Crippen LogP contribution < -0.4 is 25.0 Å². The molecule has 2 N–H and O–H groups in total. The van der Waals surface area contributed by atoms with Gasteiger partial charge in [0, 0.05) is 30.8 Å². The summed E-state index contributed by atoms with van der Waals surface area (Å²) in [6.07, 6.45) is 3.48. The van der Waals surface area contributed by atoms with E-state index in [1.807, 2.05) is 18.2 Å². The van der Waals surface area contributed by atoms with Crippen LogP contribution in [0.15, 0.2) is 18.2 Å². The van der Waals surface area contributed by atoms with Crippen molar-refractivity contribution in [3.63, 3.8) is 0 Å². The van der Waals surface area contributed by atoms with Crippen LogP contribution in [0, 0.1) is 11.3 Å². The highest BCUT2D eigenvalue weighted by atomic mass is 16.6. The Morgan fingerprint density at radius 1 is 1.10 bits per heavy atom. The summed E-state index contributed by atoms with van der Waals surface area (Å²) in [7, 11) is 0. The number of benzene rings is 1. The molecule has 1 saturated carbocycles. The van der Waals surface area contributed by atoms with Gasteiger partial charge in [-0.2, -0.15) is 0 Å². The van der Waals surface area contributed by atoms with Crippen molar-refractivity contribution in [2.75, 3.05) is 24.7 Å². The Morgan fingerprint density at radius 3 is 2.59 bits per heavy atom. The van der Waals surface area contributed by atoms with E-state index in [4.69, 9.17) is 9.47 Å². The molecule has 2 heterocycles. The van der Waals surface area contributed by atoms with Gasteiger partial charge in [-0.1, -0.05) is 20.8 Å². The van der Waals surface area contributed by atoms with Crippen LogP contribution in [-0.4, -0.2) is 43.8 Å². The molecule has 3 unspecified atom stereocenters. The number of nitrogens with zero attached hydrogens (tertiary/aromatic N) is 1. The number of nitrogens with one attached hydrogen (secondary N) is 2. The van der Waals surface area contributed by atoms with Crippen molar-refractivity contribution in [1.29, 1.82) is 0 Å². The third-order valence-corrected chi connectivity index (χ3v) is 6.02. The Morgan fingerprint density at radius 2 is 1.83 bits per heavy atom. The summed E-state index contributed by atoms with van der Waals surface area (Å²) in [5.41, 5.74) is 1.01. The van der Waals surface area contributed by atoms with Gasteiger partial charge in [0.15, 0.2) is 11.5 Å². The fraction of sp³-hybridized carbons (Fsp3) is 0.636. The Hall–Kier alpha value is -2.44. The highest BCUT2D eigenvalue weighted by Crippen LogP contribution is 2.38. The lowest BCUT2D eigenvalue weighted by molar-refractivity contribution is -0.117. The number of carbonyl (C=O) groups is 2. The van der Waals surface area contributed by atoms with Crippen LogP contribution in [0.4, 0.5) is 10.5 Å². The van der Waals surface area contributed by atoms with E-state index in [1.54, 1.807) is 4.90 Å². The molecule has 1 aliphatic carbocycles. The molecule has 3 aliphatic rings. The van der Waals surface area contributed by atoms with E-state index in [2.05, 4.69) is 31.4 Å². The van der Waals surface area contributed by atoms with Crippen molar-refractivity contribution < 1.29 is 19.1 Å². The van der Waals surface area contributed by atoms with Gasteiger partial charge in [-0.05, 0) is 42.7 Å². The molecule has 1 aromatic carbocycles. The Bertz CT molecular complexity index is 794. The maximum Gasteiger partial charge on any atom is 0.315 e. The maximum atomic E-state index is 12.5. The summed E-state index contributed by atoms with van der Waals surface area (Å²) < 4.78 is 11.2. The van der Waals surface area contributed by atoms with Gasteiger partial charge in [0.1, 0.15) is 13.2 Å². The van der Waals surface area contributed by atoms with Crippen LogP contribution in [-0.2, 0) is 4.79 Å². The zero-order valence-corrected chi connectivity index (χ0v) is 17.5. The quantitative estimate of drug-likeness (QED) is 0.816. The van der Waals surface area contributed by atoms with E-state index in [-0.39, 0.29) is 29.4 Å². The maximum absolute atomic E-state index is 12.5. The molecule has 3 amide bonds. The van der Waals surface area contributed by atoms with Gasteiger partial charge in [0.05, 0.1) is 6.04 Å². The lowest BCUT2D eigenvalue weighted by Crippen LogP contribution is -2.50. The number of hydrogen-bond acceptors (Lipinski definition) is 4. The van der Waals surface area contributed by atoms with Crippen LogP contribution >= 0.6 is 0 Å². The van der Waals surface area contributed by atoms with Gasteiger partial charge >= 0.3 is 6.03 Å². The highest BCUT2D eigenvalue weighted by Gasteiger charge is 2.35. The Labute approximate surface area is 172 Å². The van der Waals surface area contributed by atoms with Gasteiger partial charge in [-0.3, -0.25) is 4.79 Å². The van der Waals surface area contributed by atoms with Crippen LogP contribution in [0.2, 0.25) is 0 Å². The van der Waals surface area contributed by atoms with E-state index in [0.29, 0.717) is 43.6 Å². The lowest BCUT2D eigenvalue weighted by Gasteiger charge is -2.39. The van der Waals surface area contributed by atoms with Gasteiger partial charge in [-0.25, -0.2) is 4.79 Å². The molecule has 0 radical (unpaired) electrons. The van der Waals surface area contributed by atoms with Crippen LogP contribution in [0.5, 0.6) is 11.5 Å². The lowest BCUT2D eigenvalue weighted by atomic mass is 9.71. The van der Waals surface area contributed by atoms with Crippen molar-refractivity contribution >= 4 is 17.6 Å². The van der Waals surface area contributed by atoms with Gasteiger partial charge < -0.3 is 25.0 Å². The molecule has 0 aromatic heterocycles. The monoisotopic (exact) mass is 401 g/mol. The molecular formula is C22H31N3O4. The first-order valence-corrected chi connectivity index (χ1v) is 10.6. The zero-order chi connectivity index (χ0) is 20.6. The van der Waals surface area contributed by atoms with Gasteiger partial charge in [0.25, 0.3) is 0 Å². The smallest absolute Gasteiger partial charge is 0.315 e. The molecule has 1 saturated heterocycles. The molecule has 2 fully saturated rings. The molecule has 29 heavy (non-hydrogen) atoms. The SMILES string of the molecule is CC1CC(NC(=O)NC2CC(=O)N(c3ccc4c(c3)OCCO4)C2)CC(C)(C)C1. The molecule has 2 aliphatic heterocycles. The average Bonchev–Trinajstić information content (AvgIpc) is 2.99. The number of amides is 3. The number of rotatable bonds is 3. The van der Waals surface area contributed by atoms with Crippen molar-refractivity contribution in [3.05, 3.63) is 18.2 Å². The molecule has 0 bridgehead atoms. The Kier molecular flexibility index (Phi) is 5.32. The zero-order valence-electron chi connectivity index (χ0n) is 17.5. The number of fused-ring (bicyclic) bond motifs is 1. The molecule has 1 aromatic rings. The first-order chi connectivity index (χ1) is 13.8. The Balaban J connectivity index is 1.34. The summed E-state index contributed by atoms with van der Waals surface area (Å²) >= 11 is 0. The first kappa shape index (κ1) is 19.9. The second-order valence-electron chi connectivity index (χ2n) is 9.46. The number of urea groups is 1. The molecule has 7 heteroatoms. The van der Waals surface area contributed by atoms with Crippen LogP contribution in [0.3, 0.4) is 0 Å². The van der Waals surface area contributed by atoms with Gasteiger partial charge in [0.2, 0.25) is 5.91 Å². The van der Waals surface area contributed by atoms with Crippen LogP contribution in [0.1, 0.15) is 46.5 Å². The molecule has 7 nitrogen and oxygen atoms in total. The topological polar surface area (TPSA) is 79.9 Å². The van der Waals surface area contributed by atoms with Crippen LogP contribution in [0.25, 0.3) is 0 Å². The minimum atomic E-state index is -0.204. The van der Waals surface area contributed by atoms with E-state index in [9.17, 15) is 9.59 Å². The normalized spacial score (nSPS) is 28.2. The second kappa shape index (κ2) is 7.76. The van der Waals surface area contributed by atoms with E-state index in [0.717, 1.165) is 18.5 Å². The van der Waals surface area contributed by atoms with Gasteiger partial charge in [-0.15, -0.1) is 0 Å². The first-order valence-electron chi connectivity index (χ1n) is 10.6. The van der Waals surface area contributed by atoms with E-state index in [1.165, 1.54) is 6.42 Å². The molecular weight excluding hydrogens is 370 g/mol. The summed E-state index contributed by atoms with van der Waals surface area (Å²) in [5.74, 6) is 1.96. The number of ether oxygens (including phenoxy) is 2. The minimum Gasteiger partial charge on any atom is -0.486 e. The third kappa shape index (κ3) is 4.60. The molecule has 3 atom stereocenters. The molecule has 158 valence electrons. The predicted octanol–water partition coefficient (Wildman–Crippen LogP) is 3.08. The summed E-state index contributed by atoms with van der Waals surface area (Å²) in [6, 6.07) is 5.32.